The molecule has 2 aliphatic heterocycles. The number of rotatable bonds is 1. The molecule has 0 aromatic carbocycles. The third kappa shape index (κ3) is 5.97. The first-order chi connectivity index (χ1) is 9.31. The summed E-state index contributed by atoms with van der Waals surface area (Å²) in [6, 6.07) is -1.51. The van der Waals surface area contributed by atoms with E-state index in [-0.39, 0.29) is 35.5 Å². The molecular formula is C9H12N5NaO6. The zero-order valence-electron chi connectivity index (χ0n) is 11.2. The number of amides is 7. The molecule has 7 amide bonds. The number of hydrogen-bond acceptors (Lipinski definition) is 6. The summed E-state index contributed by atoms with van der Waals surface area (Å²) >= 11 is 0. The molecule has 0 radical (unpaired) electrons. The van der Waals surface area contributed by atoms with Crippen molar-refractivity contribution in [3.63, 3.8) is 0 Å². The van der Waals surface area contributed by atoms with Crippen molar-refractivity contribution in [2.75, 3.05) is 6.54 Å². The summed E-state index contributed by atoms with van der Waals surface area (Å²) in [5.41, 5.74) is 4.70. The Morgan fingerprint density at radius 2 is 1.95 bits per heavy atom. The second-order valence-corrected chi connectivity index (χ2v) is 3.82. The van der Waals surface area contributed by atoms with Gasteiger partial charge in [0, 0.05) is 13.0 Å². The van der Waals surface area contributed by atoms with Crippen LogP contribution in [0.1, 0.15) is 12.8 Å². The Bertz CT molecular complexity index is 470. The molecule has 1 atom stereocenters. The number of nitrogens with two attached hydrogens (primary N) is 1. The van der Waals surface area contributed by atoms with Gasteiger partial charge in [-0.2, -0.15) is 0 Å². The van der Waals surface area contributed by atoms with Crippen LogP contribution >= 0.6 is 0 Å². The van der Waals surface area contributed by atoms with E-state index in [0.717, 1.165) is 4.90 Å². The molecule has 12 heteroatoms. The average molecular weight is 309 g/mol. The van der Waals surface area contributed by atoms with E-state index >= 15 is 0 Å². The van der Waals surface area contributed by atoms with Crippen molar-refractivity contribution in [3.05, 3.63) is 0 Å². The van der Waals surface area contributed by atoms with Crippen LogP contribution in [0.25, 0.3) is 0 Å². The van der Waals surface area contributed by atoms with Gasteiger partial charge in [0.05, 0.1) is 0 Å². The van der Waals surface area contributed by atoms with Gasteiger partial charge >= 0.3 is 41.6 Å². The minimum absolute atomic E-state index is 0. The number of hydrogen-bond donors (Lipinski definition) is 4. The van der Waals surface area contributed by atoms with E-state index in [4.69, 9.17) is 5.73 Å². The summed E-state index contributed by atoms with van der Waals surface area (Å²) < 4.78 is 0. The molecular weight excluding hydrogens is 297 g/mol. The summed E-state index contributed by atoms with van der Waals surface area (Å²) in [6.45, 7) is 0.307. The fourth-order valence-corrected chi connectivity index (χ4v) is 1.50. The van der Waals surface area contributed by atoms with Gasteiger partial charge in [-0.25, -0.2) is 9.59 Å². The number of carbonyl (C=O) groups is 5. The molecule has 2 saturated heterocycles. The third-order valence-electron chi connectivity index (χ3n) is 2.35. The van der Waals surface area contributed by atoms with Crippen LogP contribution in [-0.2, 0) is 9.59 Å². The van der Waals surface area contributed by atoms with Gasteiger partial charge in [-0.1, -0.05) is 0 Å². The number of imide groups is 2. The van der Waals surface area contributed by atoms with Crippen molar-refractivity contribution in [1.82, 2.24) is 20.9 Å². The molecule has 5 N–H and O–H groups in total. The predicted molar refractivity (Wildman–Crippen MR) is 59.5 cm³/mol. The Morgan fingerprint density at radius 1 is 1.33 bits per heavy atom. The van der Waals surface area contributed by atoms with Crippen LogP contribution in [0.3, 0.4) is 0 Å². The van der Waals surface area contributed by atoms with Crippen molar-refractivity contribution in [1.29, 1.82) is 0 Å². The summed E-state index contributed by atoms with van der Waals surface area (Å²) in [4.78, 5) is 52.5. The molecule has 0 bridgehead atoms. The Morgan fingerprint density at radius 3 is 2.24 bits per heavy atom. The maximum absolute atomic E-state index is 10.7. The van der Waals surface area contributed by atoms with Crippen LogP contribution in [-0.4, -0.2) is 47.6 Å². The van der Waals surface area contributed by atoms with Crippen LogP contribution < -0.4 is 56.3 Å². The maximum Gasteiger partial charge on any atom is 1.00 e. The average Bonchev–Trinajstić information content (AvgIpc) is 2.86. The third-order valence-corrected chi connectivity index (χ3v) is 2.35. The smallest absolute Gasteiger partial charge is 0.530 e. The molecule has 2 heterocycles. The van der Waals surface area contributed by atoms with E-state index < -0.39 is 30.2 Å². The summed E-state index contributed by atoms with van der Waals surface area (Å²) in [5, 5.41) is 16.1. The molecule has 2 fully saturated rings. The maximum atomic E-state index is 10.7. The molecule has 0 aromatic rings. The molecule has 2 aliphatic rings. The van der Waals surface area contributed by atoms with Crippen LogP contribution in [0, 0.1) is 0 Å². The van der Waals surface area contributed by atoms with Crippen molar-refractivity contribution in [3.8, 4) is 0 Å². The molecule has 21 heavy (non-hydrogen) atoms. The number of primary amides is 1. The van der Waals surface area contributed by atoms with Crippen LogP contribution in [0.5, 0.6) is 0 Å². The van der Waals surface area contributed by atoms with Gasteiger partial charge in [0.2, 0.25) is 5.91 Å². The second kappa shape index (κ2) is 8.44. The first-order valence-electron chi connectivity index (χ1n) is 5.50. The summed E-state index contributed by atoms with van der Waals surface area (Å²) in [7, 11) is 0. The molecule has 0 saturated carbocycles. The number of nitrogens with zero attached hydrogens (tertiary/aromatic N) is 1. The van der Waals surface area contributed by atoms with Crippen molar-refractivity contribution < 1.29 is 58.6 Å². The Labute approximate surface area is 140 Å². The van der Waals surface area contributed by atoms with Gasteiger partial charge in [-0.15, -0.1) is 0 Å². The number of urea groups is 2. The first-order valence-corrected chi connectivity index (χ1v) is 5.50. The largest absolute Gasteiger partial charge is 1.00 e. The number of likely N-dealkylation sites (tertiary alicyclic amines) is 1. The van der Waals surface area contributed by atoms with Crippen LogP contribution in [0.15, 0.2) is 0 Å². The Kier molecular flexibility index (Phi) is 7.70. The molecule has 0 aliphatic carbocycles. The minimum Gasteiger partial charge on any atom is -0.530 e. The predicted octanol–water partition coefficient (Wildman–Crippen LogP) is -6.22. The quantitative estimate of drug-likeness (QED) is 0.277. The van der Waals surface area contributed by atoms with Crippen molar-refractivity contribution in [2.45, 2.75) is 19.0 Å². The minimum atomic E-state index is -1.38. The van der Waals surface area contributed by atoms with Gasteiger partial charge < -0.3 is 26.3 Å². The molecule has 0 spiro atoms. The second-order valence-electron chi connectivity index (χ2n) is 3.82. The molecule has 1 unspecified atom stereocenters. The van der Waals surface area contributed by atoms with Gasteiger partial charge in [0.15, 0.2) is 6.17 Å². The summed E-state index contributed by atoms with van der Waals surface area (Å²) in [6.07, 6.45) is -1.45. The zero-order chi connectivity index (χ0) is 15.3. The number of carboxylic acid groups (broad SMARTS) is 1. The van der Waals surface area contributed by atoms with Gasteiger partial charge in [-0.05, 0) is 6.42 Å². The topological polar surface area (TPSA) is 174 Å². The van der Waals surface area contributed by atoms with E-state index in [1.807, 2.05) is 10.6 Å². The fraction of sp³-hybridized carbons (Fsp3) is 0.444. The van der Waals surface area contributed by atoms with Gasteiger partial charge in [-0.3, -0.25) is 19.8 Å². The Balaban J connectivity index is 0.000000370. The van der Waals surface area contributed by atoms with E-state index in [1.165, 1.54) is 0 Å². The zero-order valence-corrected chi connectivity index (χ0v) is 13.2. The molecule has 0 aromatic heterocycles. The number of carbonyl (C=O) groups excluding carboxylic acids is 5. The van der Waals surface area contributed by atoms with Crippen LogP contribution in [0.4, 0.5) is 14.4 Å². The molecule has 2 rings (SSSR count). The van der Waals surface area contributed by atoms with Crippen LogP contribution in [0.2, 0.25) is 0 Å². The molecule has 110 valence electrons. The van der Waals surface area contributed by atoms with E-state index in [0.29, 0.717) is 19.4 Å². The van der Waals surface area contributed by atoms with Crippen molar-refractivity contribution in [2.24, 2.45) is 5.73 Å². The normalized spacial score (nSPS) is 19.7. The number of nitrogens with one attached hydrogen (secondary N) is 3. The van der Waals surface area contributed by atoms with E-state index in [9.17, 15) is 29.1 Å². The van der Waals surface area contributed by atoms with Gasteiger partial charge in [0.1, 0.15) is 6.09 Å². The van der Waals surface area contributed by atoms with Crippen molar-refractivity contribution >= 4 is 30.0 Å². The van der Waals surface area contributed by atoms with E-state index in [1.54, 1.807) is 0 Å². The first kappa shape index (κ1) is 19.1. The van der Waals surface area contributed by atoms with E-state index in [2.05, 4.69) is 5.32 Å². The molecule has 11 nitrogen and oxygen atoms in total. The standard InChI is InChI=1S/C5H7NO3.C4H6N4O3.Na/c7-4-2-1-3-6(4)5(8)9;5-3(10)6-1-2(9)8-4(11)7-1;/h1-3H2,(H,8,9);1H,(H3,5,6,10)(H2,7,8,9,11);/q;;+1/p-1. The monoisotopic (exact) mass is 309 g/mol. The summed E-state index contributed by atoms with van der Waals surface area (Å²) in [5.74, 6) is -0.955. The Hall–Kier alpha value is -1.85. The van der Waals surface area contributed by atoms with Gasteiger partial charge in [0.25, 0.3) is 5.91 Å². The fourth-order valence-electron chi connectivity index (χ4n) is 1.50. The SMILES string of the molecule is NC(=O)NC1NC(=O)NC1=O.O=C([O-])N1CCCC1=O.[Na+].